The summed E-state index contributed by atoms with van der Waals surface area (Å²) < 4.78 is 1.43. The second-order valence-corrected chi connectivity index (χ2v) is 8.44. The van der Waals surface area contributed by atoms with Gasteiger partial charge in [0.25, 0.3) is 5.56 Å². The van der Waals surface area contributed by atoms with Crippen LogP contribution < -0.4 is 5.56 Å². The van der Waals surface area contributed by atoms with E-state index in [2.05, 4.69) is 39.5 Å². The number of piperazine rings is 1. The van der Waals surface area contributed by atoms with Gasteiger partial charge in [0.1, 0.15) is 5.52 Å². The van der Waals surface area contributed by atoms with Crippen LogP contribution >= 0.6 is 0 Å². The highest BCUT2D eigenvalue weighted by atomic mass is 16.2. The van der Waals surface area contributed by atoms with Crippen molar-refractivity contribution in [3.63, 3.8) is 0 Å². The molecule has 0 saturated carbocycles. The van der Waals surface area contributed by atoms with Gasteiger partial charge in [0.05, 0.1) is 5.39 Å². The second-order valence-electron chi connectivity index (χ2n) is 8.44. The van der Waals surface area contributed by atoms with Gasteiger partial charge in [-0.2, -0.15) is 0 Å². The van der Waals surface area contributed by atoms with E-state index in [-0.39, 0.29) is 11.5 Å². The molecule has 1 amide bonds. The Kier molecular flexibility index (Phi) is 7.98. The Morgan fingerprint density at radius 1 is 0.909 bits per heavy atom. The predicted molar refractivity (Wildman–Crippen MR) is 131 cm³/mol. The maximum atomic E-state index is 12.6. The number of rotatable bonds is 9. The number of unbranched alkanes of at least 4 members (excludes halogenated alkanes) is 2. The maximum absolute atomic E-state index is 12.6. The molecule has 2 heterocycles. The van der Waals surface area contributed by atoms with Gasteiger partial charge in [0.15, 0.2) is 0 Å². The van der Waals surface area contributed by atoms with Crippen molar-refractivity contribution < 1.29 is 4.79 Å². The van der Waals surface area contributed by atoms with Gasteiger partial charge in [-0.05, 0) is 30.5 Å². The Balaban J connectivity index is 1.12. The zero-order chi connectivity index (χ0) is 22.9. The summed E-state index contributed by atoms with van der Waals surface area (Å²) in [6.45, 7) is 4.84. The van der Waals surface area contributed by atoms with E-state index in [1.165, 1.54) is 10.2 Å². The van der Waals surface area contributed by atoms with E-state index in [1.54, 1.807) is 12.1 Å². The minimum Gasteiger partial charge on any atom is -0.340 e. The molecule has 1 fully saturated rings. The SMILES string of the molecule is O=C(CCCCCn1nnc2ccccc2c1=O)N1CCN(CC=Cc2ccccc2)CC1. The molecular formula is C26H31N5O2. The van der Waals surface area contributed by atoms with Gasteiger partial charge >= 0.3 is 0 Å². The normalized spacial score (nSPS) is 14.8. The van der Waals surface area contributed by atoms with E-state index in [4.69, 9.17) is 0 Å². The van der Waals surface area contributed by atoms with E-state index in [1.807, 2.05) is 35.2 Å². The molecule has 1 aliphatic rings. The average Bonchev–Trinajstić information content (AvgIpc) is 2.86. The first-order valence-electron chi connectivity index (χ1n) is 11.7. The van der Waals surface area contributed by atoms with Crippen LogP contribution in [0.15, 0.2) is 65.5 Å². The van der Waals surface area contributed by atoms with Crippen LogP contribution in [0.1, 0.15) is 31.2 Å². The minimum absolute atomic E-state index is 0.104. The highest BCUT2D eigenvalue weighted by molar-refractivity contribution is 5.76. The third kappa shape index (κ3) is 6.35. The summed E-state index contributed by atoms with van der Waals surface area (Å²) in [5, 5.41) is 8.74. The maximum Gasteiger partial charge on any atom is 0.277 e. The molecular weight excluding hydrogens is 414 g/mol. The lowest BCUT2D eigenvalue weighted by Crippen LogP contribution is -2.48. The van der Waals surface area contributed by atoms with Gasteiger partial charge in [0.2, 0.25) is 5.91 Å². The summed E-state index contributed by atoms with van der Waals surface area (Å²) in [6.07, 6.45) is 7.42. The molecule has 0 spiro atoms. The van der Waals surface area contributed by atoms with Crippen LogP contribution in [0.3, 0.4) is 0 Å². The summed E-state index contributed by atoms with van der Waals surface area (Å²) in [6, 6.07) is 17.6. The molecule has 0 atom stereocenters. The predicted octanol–water partition coefficient (Wildman–Crippen LogP) is 3.21. The van der Waals surface area contributed by atoms with Gasteiger partial charge in [-0.15, -0.1) is 5.10 Å². The summed E-state index contributed by atoms with van der Waals surface area (Å²) in [7, 11) is 0. The molecule has 7 heteroatoms. The topological polar surface area (TPSA) is 71.3 Å². The van der Waals surface area contributed by atoms with Gasteiger partial charge < -0.3 is 4.90 Å². The molecule has 172 valence electrons. The molecule has 0 radical (unpaired) electrons. The van der Waals surface area contributed by atoms with E-state index >= 15 is 0 Å². The molecule has 0 bridgehead atoms. The number of aromatic nitrogens is 3. The fourth-order valence-electron chi connectivity index (χ4n) is 4.12. The summed E-state index contributed by atoms with van der Waals surface area (Å²) >= 11 is 0. The molecule has 1 aliphatic heterocycles. The Bertz CT molecular complexity index is 1130. The molecule has 0 aliphatic carbocycles. The van der Waals surface area contributed by atoms with Gasteiger partial charge in [-0.1, -0.05) is 66.3 Å². The van der Waals surface area contributed by atoms with Crippen LogP contribution in [0.25, 0.3) is 17.0 Å². The first-order valence-corrected chi connectivity index (χ1v) is 11.7. The van der Waals surface area contributed by atoms with Gasteiger partial charge in [0, 0.05) is 45.7 Å². The van der Waals surface area contributed by atoms with Crippen molar-refractivity contribution in [2.75, 3.05) is 32.7 Å². The number of benzene rings is 2. The molecule has 7 nitrogen and oxygen atoms in total. The van der Waals surface area contributed by atoms with Crippen LogP contribution in [-0.2, 0) is 11.3 Å². The first kappa shape index (κ1) is 22.9. The van der Waals surface area contributed by atoms with Crippen molar-refractivity contribution in [3.05, 3.63) is 76.6 Å². The number of hydrogen-bond donors (Lipinski definition) is 0. The smallest absolute Gasteiger partial charge is 0.277 e. The van der Waals surface area contributed by atoms with Crippen LogP contribution in [-0.4, -0.2) is 63.4 Å². The molecule has 0 N–H and O–H groups in total. The van der Waals surface area contributed by atoms with E-state index in [0.717, 1.165) is 52.0 Å². The van der Waals surface area contributed by atoms with Crippen molar-refractivity contribution >= 4 is 22.9 Å². The van der Waals surface area contributed by atoms with Crippen LogP contribution in [0.4, 0.5) is 0 Å². The van der Waals surface area contributed by atoms with Gasteiger partial charge in [-0.3, -0.25) is 14.5 Å². The zero-order valence-electron chi connectivity index (χ0n) is 19.0. The molecule has 0 unspecified atom stereocenters. The second kappa shape index (κ2) is 11.5. The highest BCUT2D eigenvalue weighted by Gasteiger charge is 2.19. The van der Waals surface area contributed by atoms with Crippen LogP contribution in [0, 0.1) is 0 Å². The quantitative estimate of drug-likeness (QED) is 0.473. The van der Waals surface area contributed by atoms with E-state index in [9.17, 15) is 9.59 Å². The fraction of sp³-hybridized carbons (Fsp3) is 0.385. The molecule has 1 aromatic heterocycles. The molecule has 33 heavy (non-hydrogen) atoms. The Labute approximate surface area is 194 Å². The summed E-state index contributed by atoms with van der Waals surface area (Å²) in [5.74, 6) is 0.233. The molecule has 4 rings (SSSR count). The number of carbonyl (C=O) groups is 1. The molecule has 2 aromatic carbocycles. The number of aryl methyl sites for hydroxylation is 1. The third-order valence-electron chi connectivity index (χ3n) is 6.09. The first-order chi connectivity index (χ1) is 16.2. The highest BCUT2D eigenvalue weighted by Crippen LogP contribution is 2.09. The third-order valence-corrected chi connectivity index (χ3v) is 6.09. The largest absolute Gasteiger partial charge is 0.340 e. The van der Waals surface area contributed by atoms with Crippen molar-refractivity contribution in [2.45, 2.75) is 32.2 Å². The number of fused-ring (bicyclic) bond motifs is 1. The fourth-order valence-corrected chi connectivity index (χ4v) is 4.12. The monoisotopic (exact) mass is 445 g/mol. The van der Waals surface area contributed by atoms with Crippen molar-refractivity contribution in [3.8, 4) is 0 Å². The zero-order valence-corrected chi connectivity index (χ0v) is 19.0. The minimum atomic E-state index is -0.104. The lowest BCUT2D eigenvalue weighted by molar-refractivity contribution is -0.133. The summed E-state index contributed by atoms with van der Waals surface area (Å²) in [4.78, 5) is 29.4. The Morgan fingerprint density at radius 2 is 1.67 bits per heavy atom. The lowest BCUT2D eigenvalue weighted by atomic mass is 10.1. The van der Waals surface area contributed by atoms with Crippen molar-refractivity contribution in [2.24, 2.45) is 0 Å². The molecule has 3 aromatic rings. The molecule has 1 saturated heterocycles. The van der Waals surface area contributed by atoms with Crippen LogP contribution in [0.5, 0.6) is 0 Å². The summed E-state index contributed by atoms with van der Waals surface area (Å²) in [5.41, 5.74) is 1.73. The number of hydrogen-bond acceptors (Lipinski definition) is 5. The van der Waals surface area contributed by atoms with Gasteiger partial charge in [-0.25, -0.2) is 4.68 Å². The number of amides is 1. The van der Waals surface area contributed by atoms with E-state index < -0.39 is 0 Å². The Morgan fingerprint density at radius 3 is 2.48 bits per heavy atom. The lowest BCUT2D eigenvalue weighted by Gasteiger charge is -2.34. The van der Waals surface area contributed by atoms with Crippen molar-refractivity contribution in [1.82, 2.24) is 24.8 Å². The van der Waals surface area contributed by atoms with E-state index in [0.29, 0.717) is 23.9 Å². The van der Waals surface area contributed by atoms with Crippen LogP contribution in [0.2, 0.25) is 0 Å². The van der Waals surface area contributed by atoms with Crippen molar-refractivity contribution in [1.29, 1.82) is 0 Å². The Hall–Kier alpha value is -3.32. The standard InChI is InChI=1S/C26H31N5O2/c32-25(30-20-18-29(19-21-30)16-9-12-22-10-3-1-4-11-22)15-5-2-8-17-31-26(33)23-13-6-7-14-24(23)27-28-31/h1,3-4,6-7,9-14H,2,5,8,15-21H2. The average molecular weight is 446 g/mol. The number of carbonyl (C=O) groups excluding carboxylic acids is 1. The number of nitrogens with zero attached hydrogens (tertiary/aromatic N) is 5.